The van der Waals surface area contributed by atoms with Crippen LogP contribution in [-0.2, 0) is 16.0 Å². The number of hydrogen-bond donors (Lipinski definition) is 1. The van der Waals surface area contributed by atoms with Gasteiger partial charge in [-0.3, -0.25) is 9.59 Å². The normalized spacial score (nSPS) is 17.9. The number of nitrogens with one attached hydrogen (secondary N) is 1. The first kappa shape index (κ1) is 15.4. The van der Waals surface area contributed by atoms with E-state index in [-0.39, 0.29) is 17.9 Å². The highest BCUT2D eigenvalue weighted by molar-refractivity contribution is 5.75. The Bertz CT molecular complexity index is 544. The molecule has 1 fully saturated rings. The van der Waals surface area contributed by atoms with Gasteiger partial charge in [0.15, 0.2) is 5.82 Å². The van der Waals surface area contributed by atoms with Crippen LogP contribution >= 0.6 is 0 Å². The molecule has 1 N–H and O–H groups in total. The van der Waals surface area contributed by atoms with Gasteiger partial charge in [-0.25, -0.2) is 9.97 Å². The summed E-state index contributed by atoms with van der Waals surface area (Å²) in [6.45, 7) is 4.27. The van der Waals surface area contributed by atoms with Crippen molar-refractivity contribution >= 4 is 11.8 Å². The molecule has 2 rings (SSSR count). The molecule has 0 spiro atoms. The van der Waals surface area contributed by atoms with Gasteiger partial charge in [0, 0.05) is 38.3 Å². The van der Waals surface area contributed by atoms with Crippen molar-refractivity contribution in [3.63, 3.8) is 0 Å². The van der Waals surface area contributed by atoms with Gasteiger partial charge >= 0.3 is 0 Å². The van der Waals surface area contributed by atoms with Crippen molar-refractivity contribution in [2.75, 3.05) is 13.6 Å². The van der Waals surface area contributed by atoms with Gasteiger partial charge in [0.1, 0.15) is 0 Å². The van der Waals surface area contributed by atoms with Crippen molar-refractivity contribution in [3.05, 3.63) is 23.3 Å². The maximum Gasteiger partial charge on any atom is 0.220 e. The van der Waals surface area contributed by atoms with E-state index in [0.29, 0.717) is 18.7 Å². The minimum Gasteiger partial charge on any atom is -0.359 e. The Morgan fingerprint density at radius 1 is 1.43 bits per heavy atom. The lowest BCUT2D eigenvalue weighted by Gasteiger charge is -2.22. The van der Waals surface area contributed by atoms with Crippen molar-refractivity contribution < 1.29 is 9.59 Å². The Hall–Kier alpha value is -1.98. The second-order valence-corrected chi connectivity index (χ2v) is 5.40. The van der Waals surface area contributed by atoms with E-state index in [1.54, 1.807) is 14.0 Å². The summed E-state index contributed by atoms with van der Waals surface area (Å²) < 4.78 is 0. The van der Waals surface area contributed by atoms with E-state index in [4.69, 9.17) is 0 Å². The molecule has 2 heterocycles. The minimum absolute atomic E-state index is 0.000885. The molecule has 1 saturated heterocycles. The van der Waals surface area contributed by atoms with Crippen molar-refractivity contribution in [1.29, 1.82) is 0 Å². The second kappa shape index (κ2) is 6.65. The van der Waals surface area contributed by atoms with Crippen LogP contribution in [0.1, 0.15) is 49.4 Å². The summed E-state index contributed by atoms with van der Waals surface area (Å²) >= 11 is 0. The summed E-state index contributed by atoms with van der Waals surface area (Å²) in [5.74, 6) is 0.767. The molecule has 1 aromatic heterocycles. The zero-order valence-corrected chi connectivity index (χ0v) is 12.8. The lowest BCUT2D eigenvalue weighted by atomic mass is 10.1. The van der Waals surface area contributed by atoms with Crippen molar-refractivity contribution in [2.24, 2.45) is 0 Å². The van der Waals surface area contributed by atoms with E-state index in [1.165, 1.54) is 0 Å². The van der Waals surface area contributed by atoms with Crippen LogP contribution in [0.2, 0.25) is 0 Å². The van der Waals surface area contributed by atoms with Gasteiger partial charge in [0.2, 0.25) is 11.8 Å². The molecule has 6 nitrogen and oxygen atoms in total. The van der Waals surface area contributed by atoms with Crippen LogP contribution in [0.15, 0.2) is 6.07 Å². The summed E-state index contributed by atoms with van der Waals surface area (Å²) in [7, 11) is 1.63. The van der Waals surface area contributed by atoms with Crippen LogP contribution in [0.3, 0.4) is 0 Å². The van der Waals surface area contributed by atoms with E-state index < -0.39 is 0 Å². The van der Waals surface area contributed by atoms with Gasteiger partial charge in [-0.1, -0.05) is 0 Å². The van der Waals surface area contributed by atoms with Crippen LogP contribution in [-0.4, -0.2) is 40.3 Å². The zero-order chi connectivity index (χ0) is 15.4. The standard InChI is InChI=1S/C15H22N4O2/c1-10-9-12(6-7-14(21)16-3)18-15(17-10)13-5-4-8-19(13)11(2)20/h9,13H,4-8H2,1-3H3,(H,16,21). The highest BCUT2D eigenvalue weighted by atomic mass is 16.2. The van der Waals surface area contributed by atoms with Gasteiger partial charge in [-0.05, 0) is 32.3 Å². The lowest BCUT2D eigenvalue weighted by molar-refractivity contribution is -0.129. The first-order valence-corrected chi connectivity index (χ1v) is 7.33. The molecular formula is C15H22N4O2. The molecule has 1 unspecified atom stereocenters. The van der Waals surface area contributed by atoms with E-state index >= 15 is 0 Å². The number of nitrogens with zero attached hydrogens (tertiary/aromatic N) is 3. The van der Waals surface area contributed by atoms with Gasteiger partial charge < -0.3 is 10.2 Å². The molecule has 1 aromatic rings. The Kier molecular flexibility index (Phi) is 4.88. The number of aromatic nitrogens is 2. The number of carbonyl (C=O) groups is 2. The lowest BCUT2D eigenvalue weighted by Crippen LogP contribution is -2.29. The molecule has 0 saturated carbocycles. The maximum absolute atomic E-state index is 11.7. The van der Waals surface area contributed by atoms with Crippen LogP contribution in [0.5, 0.6) is 0 Å². The largest absolute Gasteiger partial charge is 0.359 e. The molecule has 6 heteroatoms. The number of rotatable bonds is 4. The number of aryl methyl sites for hydroxylation is 2. The molecular weight excluding hydrogens is 268 g/mol. The Labute approximate surface area is 125 Å². The summed E-state index contributed by atoms with van der Waals surface area (Å²) in [6.07, 6.45) is 2.88. The number of amides is 2. The van der Waals surface area contributed by atoms with Crippen molar-refractivity contribution in [2.45, 2.75) is 45.6 Å². The molecule has 1 aliphatic rings. The van der Waals surface area contributed by atoms with Gasteiger partial charge in [0.05, 0.1) is 6.04 Å². The fourth-order valence-electron chi connectivity index (χ4n) is 2.71. The molecule has 21 heavy (non-hydrogen) atoms. The summed E-state index contributed by atoms with van der Waals surface area (Å²) in [4.78, 5) is 33.9. The van der Waals surface area contributed by atoms with Crippen molar-refractivity contribution in [1.82, 2.24) is 20.2 Å². The first-order chi connectivity index (χ1) is 10.0. The highest BCUT2D eigenvalue weighted by Crippen LogP contribution is 2.30. The average molecular weight is 290 g/mol. The van der Waals surface area contributed by atoms with Crippen molar-refractivity contribution in [3.8, 4) is 0 Å². The highest BCUT2D eigenvalue weighted by Gasteiger charge is 2.30. The molecule has 1 atom stereocenters. The van der Waals surface area contributed by atoms with Crippen LogP contribution in [0, 0.1) is 6.92 Å². The quantitative estimate of drug-likeness (QED) is 0.902. The zero-order valence-electron chi connectivity index (χ0n) is 12.8. The third-order valence-electron chi connectivity index (χ3n) is 3.77. The topological polar surface area (TPSA) is 75.2 Å². The molecule has 0 aliphatic carbocycles. The smallest absolute Gasteiger partial charge is 0.220 e. The van der Waals surface area contributed by atoms with E-state index in [9.17, 15) is 9.59 Å². The van der Waals surface area contributed by atoms with Gasteiger partial charge in [-0.2, -0.15) is 0 Å². The van der Waals surface area contributed by atoms with E-state index in [2.05, 4.69) is 15.3 Å². The van der Waals surface area contributed by atoms with Crippen LogP contribution in [0.4, 0.5) is 0 Å². The van der Waals surface area contributed by atoms with E-state index in [1.807, 2.05) is 17.9 Å². The third-order valence-corrected chi connectivity index (χ3v) is 3.77. The second-order valence-electron chi connectivity index (χ2n) is 5.40. The SMILES string of the molecule is CNC(=O)CCc1cc(C)nc(C2CCCN2C(C)=O)n1. The molecule has 0 radical (unpaired) electrons. The molecule has 0 aromatic carbocycles. The fraction of sp³-hybridized carbons (Fsp3) is 0.600. The summed E-state index contributed by atoms with van der Waals surface area (Å²) in [6, 6.07) is 1.88. The summed E-state index contributed by atoms with van der Waals surface area (Å²) in [5, 5.41) is 2.61. The van der Waals surface area contributed by atoms with Crippen LogP contribution in [0.25, 0.3) is 0 Å². The average Bonchev–Trinajstić information content (AvgIpc) is 2.93. The number of likely N-dealkylation sites (tertiary alicyclic amines) is 1. The van der Waals surface area contributed by atoms with Gasteiger partial charge in [-0.15, -0.1) is 0 Å². The first-order valence-electron chi connectivity index (χ1n) is 7.33. The Morgan fingerprint density at radius 3 is 2.86 bits per heavy atom. The molecule has 2 amide bonds. The maximum atomic E-state index is 11.7. The molecule has 0 bridgehead atoms. The predicted octanol–water partition coefficient (Wildman–Crippen LogP) is 1.15. The Morgan fingerprint density at radius 2 is 2.19 bits per heavy atom. The predicted molar refractivity (Wildman–Crippen MR) is 78.5 cm³/mol. The minimum atomic E-state index is -0.0267. The Balaban J connectivity index is 2.18. The monoisotopic (exact) mass is 290 g/mol. The van der Waals surface area contributed by atoms with E-state index in [0.717, 1.165) is 30.8 Å². The fourth-order valence-corrected chi connectivity index (χ4v) is 2.71. The number of hydrogen-bond acceptors (Lipinski definition) is 4. The van der Waals surface area contributed by atoms with Gasteiger partial charge in [0.25, 0.3) is 0 Å². The molecule has 114 valence electrons. The number of carbonyl (C=O) groups excluding carboxylic acids is 2. The molecule has 1 aliphatic heterocycles. The summed E-state index contributed by atoms with van der Waals surface area (Å²) in [5.41, 5.74) is 1.74. The third kappa shape index (κ3) is 3.77. The van der Waals surface area contributed by atoms with Crippen LogP contribution < -0.4 is 5.32 Å².